The lowest BCUT2D eigenvalue weighted by Gasteiger charge is -2.11. The van der Waals surface area contributed by atoms with E-state index in [1.54, 1.807) is 0 Å². The molecule has 1 aromatic carbocycles. The van der Waals surface area contributed by atoms with Gasteiger partial charge in [-0.3, -0.25) is 0 Å². The minimum atomic E-state index is -4.72. The summed E-state index contributed by atoms with van der Waals surface area (Å²) in [7, 11) is 0. The molecule has 8 heteroatoms. The van der Waals surface area contributed by atoms with E-state index in [0.717, 1.165) is 12.1 Å². The van der Waals surface area contributed by atoms with Gasteiger partial charge in [0.25, 0.3) is 0 Å². The summed E-state index contributed by atoms with van der Waals surface area (Å²) in [6, 6.07) is 5.00. The molecule has 0 saturated carbocycles. The number of anilines is 1. The second kappa shape index (κ2) is 5.86. The van der Waals surface area contributed by atoms with Gasteiger partial charge in [-0.05, 0) is 30.7 Å². The van der Waals surface area contributed by atoms with Gasteiger partial charge < -0.3 is 15.2 Å². The largest absolute Gasteiger partial charge is 0.573 e. The van der Waals surface area contributed by atoms with Crippen molar-refractivity contribution in [3.8, 4) is 17.4 Å². The topological polar surface area (TPSA) is 70.3 Å². The van der Waals surface area contributed by atoms with Gasteiger partial charge in [-0.2, -0.15) is 0 Å². The zero-order chi connectivity index (χ0) is 15.5. The number of rotatable bonds is 4. The highest BCUT2D eigenvalue weighted by Gasteiger charge is 2.31. The van der Waals surface area contributed by atoms with Crippen molar-refractivity contribution >= 4 is 5.82 Å². The summed E-state index contributed by atoms with van der Waals surface area (Å²) in [6.45, 7) is 1.86. The van der Waals surface area contributed by atoms with Crippen LogP contribution < -0.4 is 15.2 Å². The van der Waals surface area contributed by atoms with Gasteiger partial charge in [-0.1, -0.05) is 6.92 Å². The predicted octanol–water partition coefficient (Wildman–Crippen LogP) is 3.31. The molecule has 1 heterocycles. The first-order chi connectivity index (χ1) is 9.89. The molecule has 0 atom stereocenters. The van der Waals surface area contributed by atoms with Crippen LogP contribution in [0.3, 0.4) is 0 Å². The third-order valence-electron chi connectivity index (χ3n) is 2.56. The minimum absolute atomic E-state index is 0.273. The van der Waals surface area contributed by atoms with Crippen molar-refractivity contribution in [2.75, 3.05) is 5.73 Å². The molecule has 5 nitrogen and oxygen atoms in total. The Morgan fingerprint density at radius 1 is 1.10 bits per heavy atom. The summed E-state index contributed by atoms with van der Waals surface area (Å²) in [5, 5.41) is 0. The number of hydrogen-bond acceptors (Lipinski definition) is 5. The number of aromatic nitrogens is 2. The van der Waals surface area contributed by atoms with Gasteiger partial charge in [-0.25, -0.2) is 9.97 Å². The molecule has 0 fully saturated rings. The Balaban J connectivity index is 2.16. The van der Waals surface area contributed by atoms with Gasteiger partial charge in [0, 0.05) is 0 Å². The molecule has 2 rings (SSSR count). The summed E-state index contributed by atoms with van der Waals surface area (Å²) in [5.74, 6) is 0.569. The van der Waals surface area contributed by atoms with Gasteiger partial charge >= 0.3 is 6.36 Å². The standard InChI is InChI=1S/C13H12F3N3O2/c1-2-10-11(17)18-7-19-12(10)20-8-3-5-9(6-4-8)21-13(14,15)16/h3-7H,2H2,1H3,(H2,17,18,19). The SMILES string of the molecule is CCc1c(N)ncnc1Oc1ccc(OC(F)(F)F)cc1. The van der Waals surface area contributed by atoms with Crippen LogP contribution in [-0.4, -0.2) is 16.3 Å². The maximum atomic E-state index is 12.0. The van der Waals surface area contributed by atoms with Gasteiger partial charge in [0.05, 0.1) is 5.56 Å². The molecule has 0 amide bonds. The Morgan fingerprint density at radius 3 is 2.29 bits per heavy atom. The van der Waals surface area contributed by atoms with Crippen molar-refractivity contribution in [1.82, 2.24) is 9.97 Å². The Labute approximate surface area is 118 Å². The van der Waals surface area contributed by atoms with Crippen LogP contribution in [0.5, 0.6) is 17.4 Å². The van der Waals surface area contributed by atoms with Crippen molar-refractivity contribution in [2.45, 2.75) is 19.7 Å². The molecular formula is C13H12F3N3O2. The highest BCUT2D eigenvalue weighted by atomic mass is 19.4. The van der Waals surface area contributed by atoms with E-state index in [2.05, 4.69) is 14.7 Å². The van der Waals surface area contributed by atoms with Crippen LogP contribution in [0.4, 0.5) is 19.0 Å². The maximum absolute atomic E-state index is 12.0. The van der Waals surface area contributed by atoms with E-state index in [1.807, 2.05) is 6.92 Å². The van der Waals surface area contributed by atoms with Gasteiger partial charge in [0.15, 0.2) is 0 Å². The van der Waals surface area contributed by atoms with Crippen LogP contribution in [0.2, 0.25) is 0 Å². The summed E-state index contributed by atoms with van der Waals surface area (Å²) in [5.41, 5.74) is 6.34. The molecule has 2 N–H and O–H groups in total. The second-order valence-electron chi connectivity index (χ2n) is 4.02. The molecule has 0 aliphatic carbocycles. The molecule has 0 radical (unpaired) electrons. The smallest absolute Gasteiger partial charge is 0.439 e. The van der Waals surface area contributed by atoms with Crippen molar-refractivity contribution in [3.63, 3.8) is 0 Å². The van der Waals surface area contributed by atoms with E-state index >= 15 is 0 Å². The van der Waals surface area contributed by atoms with E-state index in [0.29, 0.717) is 23.6 Å². The number of hydrogen-bond donors (Lipinski definition) is 1. The predicted molar refractivity (Wildman–Crippen MR) is 69.0 cm³/mol. The molecule has 0 aliphatic rings. The van der Waals surface area contributed by atoms with Gasteiger partial charge in [0.1, 0.15) is 23.6 Å². The monoisotopic (exact) mass is 299 g/mol. The van der Waals surface area contributed by atoms with E-state index in [-0.39, 0.29) is 11.6 Å². The highest BCUT2D eigenvalue weighted by Crippen LogP contribution is 2.29. The third-order valence-corrected chi connectivity index (χ3v) is 2.56. The third kappa shape index (κ3) is 3.98. The molecule has 0 saturated heterocycles. The van der Waals surface area contributed by atoms with Crippen LogP contribution >= 0.6 is 0 Å². The molecule has 0 spiro atoms. The van der Waals surface area contributed by atoms with Crippen LogP contribution in [0.15, 0.2) is 30.6 Å². The van der Waals surface area contributed by atoms with Crippen LogP contribution in [-0.2, 0) is 6.42 Å². The lowest BCUT2D eigenvalue weighted by Crippen LogP contribution is -2.16. The molecule has 0 unspecified atom stereocenters. The zero-order valence-electron chi connectivity index (χ0n) is 11.0. The second-order valence-corrected chi connectivity index (χ2v) is 4.02. The summed E-state index contributed by atoms with van der Waals surface area (Å²) in [4.78, 5) is 7.81. The number of nitrogen functional groups attached to an aromatic ring is 1. The van der Waals surface area contributed by atoms with Gasteiger partial charge in [0.2, 0.25) is 5.88 Å². The number of halogens is 3. The summed E-state index contributed by atoms with van der Waals surface area (Å²) < 4.78 is 45.4. The first kappa shape index (κ1) is 14.9. The maximum Gasteiger partial charge on any atom is 0.573 e. The first-order valence-electron chi connectivity index (χ1n) is 6.02. The van der Waals surface area contributed by atoms with E-state index < -0.39 is 6.36 Å². The number of nitrogens with two attached hydrogens (primary N) is 1. The first-order valence-corrected chi connectivity index (χ1v) is 6.02. The molecule has 21 heavy (non-hydrogen) atoms. The van der Waals surface area contributed by atoms with Crippen molar-refractivity contribution < 1.29 is 22.6 Å². The van der Waals surface area contributed by atoms with E-state index in [1.165, 1.54) is 18.5 Å². The number of benzene rings is 1. The fourth-order valence-corrected chi connectivity index (χ4v) is 1.65. The highest BCUT2D eigenvalue weighted by molar-refractivity contribution is 5.46. The van der Waals surface area contributed by atoms with Crippen LogP contribution in [0.1, 0.15) is 12.5 Å². The summed E-state index contributed by atoms with van der Waals surface area (Å²) >= 11 is 0. The lowest BCUT2D eigenvalue weighted by atomic mass is 10.2. The van der Waals surface area contributed by atoms with E-state index in [4.69, 9.17) is 10.5 Å². The van der Waals surface area contributed by atoms with E-state index in [9.17, 15) is 13.2 Å². The summed E-state index contributed by atoms with van der Waals surface area (Å²) in [6.07, 6.45) is -2.90. The molecule has 1 aromatic heterocycles. The molecule has 0 bridgehead atoms. The molecule has 0 aliphatic heterocycles. The Kier molecular flexibility index (Phi) is 4.15. The van der Waals surface area contributed by atoms with Crippen molar-refractivity contribution in [2.24, 2.45) is 0 Å². The Morgan fingerprint density at radius 2 is 1.71 bits per heavy atom. The van der Waals surface area contributed by atoms with Crippen molar-refractivity contribution in [3.05, 3.63) is 36.2 Å². The minimum Gasteiger partial charge on any atom is -0.439 e. The van der Waals surface area contributed by atoms with Gasteiger partial charge in [-0.15, -0.1) is 13.2 Å². The number of alkyl halides is 3. The Hall–Kier alpha value is -2.51. The molecule has 112 valence electrons. The fraction of sp³-hybridized carbons (Fsp3) is 0.231. The normalized spacial score (nSPS) is 11.2. The lowest BCUT2D eigenvalue weighted by molar-refractivity contribution is -0.274. The molecular weight excluding hydrogens is 287 g/mol. The average Bonchev–Trinajstić information content (AvgIpc) is 2.40. The Bertz CT molecular complexity index is 615. The molecule has 2 aromatic rings. The quantitative estimate of drug-likeness (QED) is 0.937. The average molecular weight is 299 g/mol. The van der Waals surface area contributed by atoms with Crippen molar-refractivity contribution in [1.29, 1.82) is 0 Å². The number of nitrogens with zero attached hydrogens (tertiary/aromatic N) is 2. The fourth-order valence-electron chi connectivity index (χ4n) is 1.65. The number of ether oxygens (including phenoxy) is 2. The van der Waals surface area contributed by atoms with Crippen LogP contribution in [0.25, 0.3) is 0 Å². The van der Waals surface area contributed by atoms with Crippen LogP contribution in [0, 0.1) is 0 Å². The zero-order valence-corrected chi connectivity index (χ0v) is 11.0.